The van der Waals surface area contributed by atoms with Crippen LogP contribution in [0.5, 0.6) is 0 Å². The number of benzene rings is 2. The maximum Gasteiger partial charge on any atom is 0.323 e. The summed E-state index contributed by atoms with van der Waals surface area (Å²) in [6.45, 7) is 5.05. The van der Waals surface area contributed by atoms with Crippen LogP contribution in [0.15, 0.2) is 66.0 Å². The zero-order valence-corrected chi connectivity index (χ0v) is 21.0. The van der Waals surface area contributed by atoms with E-state index in [1.807, 2.05) is 41.3 Å². The molecule has 2 N–H and O–H groups in total. The molecule has 1 saturated heterocycles. The highest BCUT2D eigenvalue weighted by molar-refractivity contribution is 7.13. The molecule has 3 aromatic rings. The summed E-state index contributed by atoms with van der Waals surface area (Å²) in [6, 6.07) is 20.5. The number of carboxylic acid groups (broad SMARTS) is 1. The second kappa shape index (κ2) is 13.2. The Morgan fingerprint density at radius 1 is 1.03 bits per heavy atom. The van der Waals surface area contributed by atoms with E-state index >= 15 is 0 Å². The van der Waals surface area contributed by atoms with Crippen molar-refractivity contribution in [1.29, 1.82) is 0 Å². The monoisotopic (exact) mass is 508 g/mol. The van der Waals surface area contributed by atoms with Crippen LogP contribution in [0.2, 0.25) is 0 Å². The molecule has 4 rings (SSSR count). The number of carboxylic acids is 1. The van der Waals surface area contributed by atoms with Crippen LogP contribution < -0.4 is 5.32 Å². The van der Waals surface area contributed by atoms with Crippen LogP contribution >= 0.6 is 11.3 Å². The quantitative estimate of drug-likeness (QED) is 0.404. The maximum absolute atomic E-state index is 13.3. The van der Waals surface area contributed by atoms with Crippen molar-refractivity contribution >= 4 is 28.5 Å². The van der Waals surface area contributed by atoms with E-state index in [-0.39, 0.29) is 18.4 Å². The number of urea groups is 1. The van der Waals surface area contributed by atoms with Gasteiger partial charge in [0.1, 0.15) is 0 Å². The predicted octanol–water partition coefficient (Wildman–Crippen LogP) is 4.16. The van der Waals surface area contributed by atoms with Gasteiger partial charge in [-0.2, -0.15) is 0 Å². The Bertz CT molecular complexity index is 1060. The highest BCUT2D eigenvalue weighted by atomic mass is 32.1. The molecular weight excluding hydrogens is 476 g/mol. The zero-order valence-electron chi connectivity index (χ0n) is 20.2. The minimum Gasteiger partial charge on any atom is -0.481 e. The Morgan fingerprint density at radius 3 is 2.28 bits per heavy atom. The number of hydrogen-bond donors (Lipinski definition) is 2. The molecule has 2 amide bonds. The van der Waals surface area contributed by atoms with Crippen molar-refractivity contribution in [3.63, 3.8) is 0 Å². The van der Waals surface area contributed by atoms with Crippen LogP contribution in [0.3, 0.4) is 0 Å². The number of hydrogen-bond acceptors (Lipinski definition) is 6. The van der Waals surface area contributed by atoms with E-state index in [0.29, 0.717) is 37.1 Å². The largest absolute Gasteiger partial charge is 0.481 e. The van der Waals surface area contributed by atoms with Gasteiger partial charge >= 0.3 is 12.0 Å². The van der Waals surface area contributed by atoms with E-state index in [9.17, 15) is 9.59 Å². The van der Waals surface area contributed by atoms with Crippen LogP contribution in [0.25, 0.3) is 0 Å². The Morgan fingerprint density at radius 2 is 1.67 bits per heavy atom. The molecule has 190 valence electrons. The highest BCUT2D eigenvalue weighted by Crippen LogP contribution is 2.28. The van der Waals surface area contributed by atoms with E-state index < -0.39 is 5.97 Å². The molecule has 0 saturated carbocycles. The van der Waals surface area contributed by atoms with Crippen LogP contribution in [-0.4, -0.2) is 77.8 Å². The first-order valence-corrected chi connectivity index (χ1v) is 13.1. The Hall–Kier alpha value is -3.27. The van der Waals surface area contributed by atoms with Crippen molar-refractivity contribution in [3.8, 4) is 0 Å². The number of thiazole rings is 1. The molecule has 0 unspecified atom stereocenters. The SMILES string of the molecule is O=C(O)Cc1csc(NC(=O)N(CCC(c2ccccc2)c2ccccc2)CCN2CCOCC2)n1. The molecule has 36 heavy (non-hydrogen) atoms. The summed E-state index contributed by atoms with van der Waals surface area (Å²) in [6.07, 6.45) is 0.607. The molecule has 9 heteroatoms. The van der Waals surface area contributed by atoms with Crippen molar-refractivity contribution in [2.75, 3.05) is 51.3 Å². The second-order valence-electron chi connectivity index (χ2n) is 8.75. The summed E-state index contributed by atoms with van der Waals surface area (Å²) in [5.41, 5.74) is 2.88. The second-order valence-corrected chi connectivity index (χ2v) is 9.61. The molecule has 1 aliphatic rings. The molecule has 0 bridgehead atoms. The van der Waals surface area contributed by atoms with Gasteiger partial charge in [0, 0.05) is 44.0 Å². The minimum absolute atomic E-state index is 0.160. The molecule has 0 radical (unpaired) electrons. The molecule has 0 atom stereocenters. The number of aromatic nitrogens is 1. The third-order valence-corrected chi connectivity index (χ3v) is 7.07. The molecule has 8 nitrogen and oxygen atoms in total. The normalized spacial score (nSPS) is 14.0. The lowest BCUT2D eigenvalue weighted by Crippen LogP contribution is -2.44. The van der Waals surface area contributed by atoms with Gasteiger partial charge in [0.2, 0.25) is 0 Å². The predicted molar refractivity (Wildman–Crippen MR) is 141 cm³/mol. The van der Waals surface area contributed by atoms with Crippen molar-refractivity contribution in [3.05, 3.63) is 82.9 Å². The van der Waals surface area contributed by atoms with Crippen LogP contribution in [-0.2, 0) is 16.0 Å². The zero-order chi connectivity index (χ0) is 25.2. The first kappa shape index (κ1) is 25.8. The summed E-state index contributed by atoms with van der Waals surface area (Å²) < 4.78 is 5.46. The van der Waals surface area contributed by atoms with Crippen LogP contribution in [0.1, 0.15) is 29.2 Å². The number of morpholine rings is 1. The number of nitrogens with zero attached hydrogens (tertiary/aromatic N) is 3. The fraction of sp³-hybridized carbons (Fsp3) is 0.370. The third-order valence-electron chi connectivity index (χ3n) is 6.27. The van der Waals surface area contributed by atoms with Gasteiger partial charge in [-0.25, -0.2) is 9.78 Å². The van der Waals surface area contributed by atoms with Gasteiger partial charge in [0.05, 0.1) is 25.3 Å². The van der Waals surface area contributed by atoms with Gasteiger partial charge in [0.25, 0.3) is 0 Å². The average Bonchev–Trinajstić information content (AvgIpc) is 3.33. The number of ether oxygens (including phenoxy) is 1. The number of rotatable bonds is 11. The first-order valence-electron chi connectivity index (χ1n) is 12.2. The van der Waals surface area contributed by atoms with Crippen molar-refractivity contribution in [1.82, 2.24) is 14.8 Å². The lowest BCUT2D eigenvalue weighted by Gasteiger charge is -2.31. The minimum atomic E-state index is -0.946. The van der Waals surface area contributed by atoms with E-state index in [1.165, 1.54) is 22.5 Å². The Kier molecular flexibility index (Phi) is 9.43. The summed E-state index contributed by atoms with van der Waals surface area (Å²) in [7, 11) is 0. The van der Waals surface area contributed by atoms with Crippen molar-refractivity contribution in [2.45, 2.75) is 18.8 Å². The van der Waals surface area contributed by atoms with Gasteiger partial charge in [-0.15, -0.1) is 11.3 Å². The van der Waals surface area contributed by atoms with E-state index in [2.05, 4.69) is 39.5 Å². The first-order chi connectivity index (χ1) is 17.6. The molecule has 1 aromatic heterocycles. The van der Waals surface area contributed by atoms with Gasteiger partial charge in [-0.05, 0) is 17.5 Å². The topological polar surface area (TPSA) is 95.0 Å². The fourth-order valence-corrected chi connectivity index (χ4v) is 5.05. The number of aliphatic carboxylic acids is 1. The fourth-order valence-electron chi connectivity index (χ4n) is 4.35. The van der Waals surface area contributed by atoms with E-state index in [0.717, 1.165) is 26.1 Å². The molecule has 2 aromatic carbocycles. The van der Waals surface area contributed by atoms with Crippen LogP contribution in [0, 0.1) is 0 Å². The molecule has 0 spiro atoms. The summed E-state index contributed by atoms with van der Waals surface area (Å²) in [4.78, 5) is 32.7. The molecule has 0 aliphatic carbocycles. The van der Waals surface area contributed by atoms with Gasteiger partial charge in [-0.1, -0.05) is 60.7 Å². The number of nitrogens with one attached hydrogen (secondary N) is 1. The van der Waals surface area contributed by atoms with Gasteiger partial charge in [-0.3, -0.25) is 15.0 Å². The van der Waals surface area contributed by atoms with Gasteiger partial charge in [0.15, 0.2) is 5.13 Å². The van der Waals surface area contributed by atoms with E-state index in [4.69, 9.17) is 9.84 Å². The van der Waals surface area contributed by atoms with Crippen molar-refractivity contribution < 1.29 is 19.4 Å². The number of carbonyl (C=O) groups excluding carboxylic acids is 1. The Balaban J connectivity index is 1.47. The van der Waals surface area contributed by atoms with Crippen molar-refractivity contribution in [2.24, 2.45) is 0 Å². The summed E-state index contributed by atoms with van der Waals surface area (Å²) in [5, 5.41) is 14.0. The Labute approximate surface area is 215 Å². The number of anilines is 1. The number of amides is 2. The molecular formula is C27H32N4O4S. The summed E-state index contributed by atoms with van der Waals surface area (Å²) >= 11 is 1.24. The highest BCUT2D eigenvalue weighted by Gasteiger charge is 2.21. The molecule has 2 heterocycles. The molecule has 1 fully saturated rings. The maximum atomic E-state index is 13.3. The smallest absolute Gasteiger partial charge is 0.323 e. The standard InChI is InChI=1S/C27H32N4O4S/c32-25(33)19-23-20-36-26(28-23)29-27(34)31(14-13-30-15-17-35-18-16-30)12-11-24(21-7-3-1-4-8-21)22-9-5-2-6-10-22/h1-10,20,24H,11-19H2,(H,32,33)(H,28,29,34). The lowest BCUT2D eigenvalue weighted by molar-refractivity contribution is -0.136. The number of carbonyl (C=O) groups is 2. The average molecular weight is 509 g/mol. The molecule has 1 aliphatic heterocycles. The van der Waals surface area contributed by atoms with Gasteiger partial charge < -0.3 is 14.7 Å². The third kappa shape index (κ3) is 7.61. The van der Waals surface area contributed by atoms with Crippen LogP contribution in [0.4, 0.5) is 9.93 Å². The lowest BCUT2D eigenvalue weighted by atomic mass is 9.88. The summed E-state index contributed by atoms with van der Waals surface area (Å²) in [5.74, 6) is -0.786. The van der Waals surface area contributed by atoms with E-state index in [1.54, 1.807) is 5.38 Å².